The lowest BCUT2D eigenvalue weighted by atomic mass is 10.2. The van der Waals surface area contributed by atoms with Crippen molar-refractivity contribution in [2.24, 2.45) is 0 Å². The molecule has 96 valence electrons. The number of carbonyl (C=O) groups is 1. The highest BCUT2D eigenvalue weighted by Crippen LogP contribution is 2.21. The average Bonchev–Trinajstić information content (AvgIpc) is 2.77. The Bertz CT molecular complexity index is 542. The van der Waals surface area contributed by atoms with Gasteiger partial charge in [0.15, 0.2) is 5.78 Å². The van der Waals surface area contributed by atoms with Gasteiger partial charge in [-0.2, -0.15) is 0 Å². The van der Waals surface area contributed by atoms with Crippen LogP contribution in [-0.4, -0.2) is 24.1 Å². The van der Waals surface area contributed by atoms with Gasteiger partial charge < -0.3 is 9.30 Å². The highest BCUT2D eigenvalue weighted by atomic mass is 16.5. The summed E-state index contributed by atoms with van der Waals surface area (Å²) < 4.78 is 7.19. The molecule has 0 N–H and O–H groups in total. The van der Waals surface area contributed by atoms with E-state index in [2.05, 4.69) is 16.7 Å². The Morgan fingerprint density at radius 3 is 2.83 bits per heavy atom. The van der Waals surface area contributed by atoms with Crippen LogP contribution < -0.4 is 0 Å². The molecule has 1 aromatic heterocycles. The number of Topliss-reactive ketones (excluding diaryl/α,β-unsaturated/α-hetero) is 1. The third-order valence-electron chi connectivity index (χ3n) is 3.15. The summed E-state index contributed by atoms with van der Waals surface area (Å²) in [5.41, 5.74) is 1.94. The van der Waals surface area contributed by atoms with Gasteiger partial charge in [0.1, 0.15) is 0 Å². The fourth-order valence-corrected chi connectivity index (χ4v) is 2.23. The number of ether oxygens (including phenoxy) is 1. The van der Waals surface area contributed by atoms with E-state index >= 15 is 0 Å². The molecular formula is C15H19NO2. The molecule has 3 nitrogen and oxygen atoms in total. The standard InChI is InChI=1S/C15H19NO2/c1-3-15(17)14-11-12-7-4-5-8-13(12)16(14)9-6-10-18-2/h4-5,7-8,11H,3,6,9-10H2,1-2H3. The predicted molar refractivity (Wildman–Crippen MR) is 73.1 cm³/mol. The summed E-state index contributed by atoms with van der Waals surface area (Å²) in [6.07, 6.45) is 1.46. The van der Waals surface area contributed by atoms with Crippen LogP contribution in [0.5, 0.6) is 0 Å². The summed E-state index contributed by atoms with van der Waals surface area (Å²) in [5.74, 6) is 0.198. The second-order valence-electron chi connectivity index (χ2n) is 4.36. The molecule has 0 amide bonds. The van der Waals surface area contributed by atoms with Gasteiger partial charge in [-0.25, -0.2) is 0 Å². The van der Waals surface area contributed by atoms with Gasteiger partial charge in [-0.1, -0.05) is 25.1 Å². The SMILES string of the molecule is CCC(=O)c1cc2ccccc2n1CCCOC. The molecular weight excluding hydrogens is 226 g/mol. The molecule has 0 unspecified atom stereocenters. The van der Waals surface area contributed by atoms with E-state index < -0.39 is 0 Å². The number of methoxy groups -OCH3 is 1. The van der Waals surface area contributed by atoms with E-state index in [4.69, 9.17) is 4.74 Å². The minimum atomic E-state index is 0.198. The molecule has 0 spiro atoms. The monoisotopic (exact) mass is 245 g/mol. The molecule has 0 atom stereocenters. The van der Waals surface area contributed by atoms with E-state index in [9.17, 15) is 4.79 Å². The smallest absolute Gasteiger partial charge is 0.178 e. The Labute approximate surface area is 107 Å². The number of fused-ring (bicyclic) bond motifs is 1. The van der Waals surface area contributed by atoms with Crippen LogP contribution in [0.3, 0.4) is 0 Å². The van der Waals surface area contributed by atoms with Crippen molar-refractivity contribution in [1.29, 1.82) is 0 Å². The number of para-hydroxylation sites is 1. The number of aryl methyl sites for hydroxylation is 1. The zero-order chi connectivity index (χ0) is 13.0. The molecule has 0 aliphatic heterocycles. The highest BCUT2D eigenvalue weighted by Gasteiger charge is 2.13. The van der Waals surface area contributed by atoms with E-state index in [0.717, 1.165) is 29.6 Å². The molecule has 0 aliphatic rings. The lowest BCUT2D eigenvalue weighted by Crippen LogP contribution is -2.09. The first-order chi connectivity index (χ1) is 8.77. The van der Waals surface area contributed by atoms with E-state index in [1.165, 1.54) is 0 Å². The maximum absolute atomic E-state index is 12.0. The average molecular weight is 245 g/mol. The Morgan fingerprint density at radius 2 is 2.11 bits per heavy atom. The fourth-order valence-electron chi connectivity index (χ4n) is 2.23. The van der Waals surface area contributed by atoms with Gasteiger partial charge in [0.2, 0.25) is 0 Å². The first kappa shape index (κ1) is 12.8. The molecule has 3 heteroatoms. The Balaban J connectivity index is 2.41. The summed E-state index contributed by atoms with van der Waals surface area (Å²) in [4.78, 5) is 12.0. The quantitative estimate of drug-likeness (QED) is 0.577. The summed E-state index contributed by atoms with van der Waals surface area (Å²) in [7, 11) is 1.70. The Morgan fingerprint density at radius 1 is 1.33 bits per heavy atom. The first-order valence-electron chi connectivity index (χ1n) is 6.38. The molecule has 1 aromatic carbocycles. The third kappa shape index (κ3) is 2.46. The number of carbonyl (C=O) groups excluding carboxylic acids is 1. The molecule has 2 aromatic rings. The summed E-state index contributed by atoms with van der Waals surface area (Å²) in [5, 5.41) is 1.13. The van der Waals surface area contributed by atoms with Crippen LogP contribution in [0, 0.1) is 0 Å². The van der Waals surface area contributed by atoms with E-state index in [0.29, 0.717) is 13.0 Å². The van der Waals surface area contributed by atoms with Crippen LogP contribution >= 0.6 is 0 Å². The molecule has 2 rings (SSSR count). The zero-order valence-corrected chi connectivity index (χ0v) is 11.0. The van der Waals surface area contributed by atoms with Crippen LogP contribution in [-0.2, 0) is 11.3 Å². The molecule has 0 saturated carbocycles. The number of hydrogen-bond donors (Lipinski definition) is 0. The van der Waals surface area contributed by atoms with Crippen LogP contribution in [0.4, 0.5) is 0 Å². The van der Waals surface area contributed by atoms with Crippen LogP contribution in [0.2, 0.25) is 0 Å². The number of aromatic nitrogens is 1. The topological polar surface area (TPSA) is 31.2 Å². The van der Waals surface area contributed by atoms with Gasteiger partial charge >= 0.3 is 0 Å². The molecule has 0 fully saturated rings. The van der Waals surface area contributed by atoms with E-state index in [1.807, 2.05) is 25.1 Å². The highest BCUT2D eigenvalue weighted by molar-refractivity contribution is 5.99. The summed E-state index contributed by atoms with van der Waals surface area (Å²) in [6.45, 7) is 3.44. The second kappa shape index (κ2) is 5.83. The van der Waals surface area contributed by atoms with Crippen molar-refractivity contribution in [2.75, 3.05) is 13.7 Å². The van der Waals surface area contributed by atoms with Crippen molar-refractivity contribution >= 4 is 16.7 Å². The van der Waals surface area contributed by atoms with Crippen LogP contribution in [0.25, 0.3) is 10.9 Å². The maximum Gasteiger partial charge on any atom is 0.178 e. The van der Waals surface area contributed by atoms with Crippen LogP contribution in [0.1, 0.15) is 30.3 Å². The maximum atomic E-state index is 12.0. The lowest BCUT2D eigenvalue weighted by Gasteiger charge is -2.09. The van der Waals surface area contributed by atoms with Gasteiger partial charge in [0, 0.05) is 37.6 Å². The van der Waals surface area contributed by atoms with Crippen molar-refractivity contribution < 1.29 is 9.53 Å². The minimum Gasteiger partial charge on any atom is -0.385 e. The number of nitrogens with zero attached hydrogens (tertiary/aromatic N) is 1. The molecule has 1 heterocycles. The molecule has 0 radical (unpaired) electrons. The van der Waals surface area contributed by atoms with Crippen molar-refractivity contribution in [1.82, 2.24) is 4.57 Å². The largest absolute Gasteiger partial charge is 0.385 e. The van der Waals surface area contributed by atoms with E-state index in [-0.39, 0.29) is 5.78 Å². The Kier molecular flexibility index (Phi) is 4.15. The second-order valence-corrected chi connectivity index (χ2v) is 4.36. The molecule has 0 bridgehead atoms. The van der Waals surface area contributed by atoms with Crippen molar-refractivity contribution in [2.45, 2.75) is 26.3 Å². The third-order valence-corrected chi connectivity index (χ3v) is 3.15. The van der Waals surface area contributed by atoms with Gasteiger partial charge in [0.25, 0.3) is 0 Å². The van der Waals surface area contributed by atoms with Crippen molar-refractivity contribution in [3.63, 3.8) is 0 Å². The molecule has 18 heavy (non-hydrogen) atoms. The predicted octanol–water partition coefficient (Wildman–Crippen LogP) is 3.27. The fraction of sp³-hybridized carbons (Fsp3) is 0.400. The zero-order valence-electron chi connectivity index (χ0n) is 11.0. The van der Waals surface area contributed by atoms with Gasteiger partial charge in [-0.15, -0.1) is 0 Å². The van der Waals surface area contributed by atoms with Crippen LogP contribution in [0.15, 0.2) is 30.3 Å². The van der Waals surface area contributed by atoms with E-state index in [1.54, 1.807) is 7.11 Å². The number of ketones is 1. The number of hydrogen-bond acceptors (Lipinski definition) is 2. The van der Waals surface area contributed by atoms with Crippen molar-refractivity contribution in [3.8, 4) is 0 Å². The first-order valence-corrected chi connectivity index (χ1v) is 6.38. The number of rotatable bonds is 6. The van der Waals surface area contributed by atoms with Gasteiger partial charge in [0.05, 0.1) is 5.69 Å². The summed E-state index contributed by atoms with van der Waals surface area (Å²) >= 11 is 0. The lowest BCUT2D eigenvalue weighted by molar-refractivity contribution is 0.0978. The van der Waals surface area contributed by atoms with Gasteiger partial charge in [-0.3, -0.25) is 4.79 Å². The summed E-state index contributed by atoms with van der Waals surface area (Å²) in [6, 6.07) is 10.1. The number of benzene rings is 1. The molecule has 0 saturated heterocycles. The van der Waals surface area contributed by atoms with Gasteiger partial charge in [-0.05, 0) is 18.6 Å². The minimum absolute atomic E-state index is 0.198. The van der Waals surface area contributed by atoms with Crippen molar-refractivity contribution in [3.05, 3.63) is 36.0 Å². The molecule has 0 aliphatic carbocycles. The normalized spacial score (nSPS) is 11.0. The Hall–Kier alpha value is -1.61.